The van der Waals surface area contributed by atoms with Crippen LogP contribution in [0, 0.1) is 5.92 Å². The molecule has 17 heavy (non-hydrogen) atoms. The van der Waals surface area contributed by atoms with Crippen LogP contribution in [0.25, 0.3) is 0 Å². The van der Waals surface area contributed by atoms with Crippen molar-refractivity contribution in [2.75, 3.05) is 31.7 Å². The van der Waals surface area contributed by atoms with Crippen LogP contribution in [0.3, 0.4) is 0 Å². The van der Waals surface area contributed by atoms with Crippen LogP contribution in [0.5, 0.6) is 0 Å². The Morgan fingerprint density at radius 2 is 2.35 bits per heavy atom. The lowest BCUT2D eigenvalue weighted by Gasteiger charge is -2.21. The summed E-state index contributed by atoms with van der Waals surface area (Å²) in [5.41, 5.74) is 2.21. The maximum Gasteiger partial charge on any atom is 0.0641 e. The molecule has 0 spiro atoms. The Labute approximate surface area is 108 Å². The summed E-state index contributed by atoms with van der Waals surface area (Å²) in [6.45, 7) is 2.59. The fraction of sp³-hybridized carbons (Fsp3) is 0.615. The minimum atomic E-state index is 0.496. The predicted octanol–water partition coefficient (Wildman–Crippen LogP) is 2.68. The number of rotatable bonds is 7. The predicted molar refractivity (Wildman–Crippen MR) is 70.6 cm³/mol. The molecule has 0 aromatic carbocycles. The summed E-state index contributed by atoms with van der Waals surface area (Å²) in [6, 6.07) is 2.00. The van der Waals surface area contributed by atoms with Crippen LogP contribution in [-0.2, 0) is 10.6 Å². The Hall–Kier alpha value is -0.800. The molecule has 2 rings (SSSR count). The van der Waals surface area contributed by atoms with Gasteiger partial charge in [0.1, 0.15) is 0 Å². The fourth-order valence-electron chi connectivity index (χ4n) is 1.75. The molecule has 1 aromatic rings. The van der Waals surface area contributed by atoms with Crippen molar-refractivity contribution in [2.24, 2.45) is 5.92 Å². The number of hydrogen-bond acceptors (Lipinski definition) is 3. The van der Waals surface area contributed by atoms with Crippen LogP contribution < -0.4 is 4.90 Å². The van der Waals surface area contributed by atoms with Gasteiger partial charge in [0.25, 0.3) is 0 Å². The second kappa shape index (κ2) is 6.22. The number of anilines is 1. The van der Waals surface area contributed by atoms with Crippen LogP contribution in [0.2, 0.25) is 0 Å². The second-order valence-corrected chi connectivity index (χ2v) is 4.85. The first kappa shape index (κ1) is 12.7. The molecule has 94 valence electrons. The van der Waals surface area contributed by atoms with Crippen LogP contribution in [0.15, 0.2) is 18.5 Å². The van der Waals surface area contributed by atoms with Gasteiger partial charge in [-0.2, -0.15) is 0 Å². The summed E-state index contributed by atoms with van der Waals surface area (Å²) in [6.07, 6.45) is 6.31. The topological polar surface area (TPSA) is 25.4 Å². The van der Waals surface area contributed by atoms with Gasteiger partial charge in [-0.1, -0.05) is 0 Å². The van der Waals surface area contributed by atoms with Gasteiger partial charge in [-0.3, -0.25) is 4.98 Å². The van der Waals surface area contributed by atoms with E-state index >= 15 is 0 Å². The first-order valence-electron chi connectivity index (χ1n) is 6.09. The minimum Gasteiger partial charge on any atom is -0.379 e. The molecule has 0 atom stereocenters. The smallest absolute Gasteiger partial charge is 0.0641 e. The van der Waals surface area contributed by atoms with Gasteiger partial charge in [0.2, 0.25) is 0 Å². The molecule has 0 radical (unpaired) electrons. The molecule has 0 amide bonds. The summed E-state index contributed by atoms with van der Waals surface area (Å²) < 4.78 is 5.63. The van der Waals surface area contributed by atoms with Crippen molar-refractivity contribution in [3.05, 3.63) is 24.0 Å². The molecule has 1 aromatic heterocycles. The molecule has 0 aliphatic heterocycles. The number of hydrogen-bond donors (Lipinski definition) is 0. The SMILES string of the molecule is CN(CCOCC1CC1)c1ccncc1CCl. The molecule has 0 saturated heterocycles. The van der Waals surface area contributed by atoms with E-state index in [1.807, 2.05) is 12.3 Å². The van der Waals surface area contributed by atoms with Gasteiger partial charge in [0.05, 0.1) is 12.5 Å². The van der Waals surface area contributed by atoms with Crippen molar-refractivity contribution < 1.29 is 4.74 Å². The lowest BCUT2D eigenvalue weighted by Crippen LogP contribution is -2.24. The van der Waals surface area contributed by atoms with Gasteiger partial charge >= 0.3 is 0 Å². The summed E-state index contributed by atoms with van der Waals surface area (Å²) >= 11 is 5.89. The molecule has 1 saturated carbocycles. The van der Waals surface area contributed by atoms with E-state index in [1.54, 1.807) is 6.20 Å². The summed E-state index contributed by atoms with van der Waals surface area (Å²) in [4.78, 5) is 6.26. The molecule has 1 aliphatic carbocycles. The van der Waals surface area contributed by atoms with Crippen molar-refractivity contribution >= 4 is 17.3 Å². The van der Waals surface area contributed by atoms with E-state index in [9.17, 15) is 0 Å². The van der Waals surface area contributed by atoms with Gasteiger partial charge in [-0.05, 0) is 24.8 Å². The van der Waals surface area contributed by atoms with Gasteiger partial charge in [0.15, 0.2) is 0 Å². The Kier molecular flexibility index (Phi) is 4.63. The normalized spacial score (nSPS) is 14.9. The van der Waals surface area contributed by atoms with E-state index in [4.69, 9.17) is 16.3 Å². The lowest BCUT2D eigenvalue weighted by atomic mass is 10.2. The number of likely N-dealkylation sites (N-methyl/N-ethyl adjacent to an activating group) is 1. The van der Waals surface area contributed by atoms with Crippen molar-refractivity contribution in [3.8, 4) is 0 Å². The monoisotopic (exact) mass is 254 g/mol. The van der Waals surface area contributed by atoms with Crippen molar-refractivity contribution in [3.63, 3.8) is 0 Å². The zero-order valence-electron chi connectivity index (χ0n) is 10.2. The standard InChI is InChI=1S/C13H19ClN2O/c1-16(6-7-17-10-11-2-3-11)13-4-5-15-9-12(13)8-14/h4-5,9,11H,2-3,6-8,10H2,1H3. The Bertz CT molecular complexity index is 355. The molecule has 4 heteroatoms. The van der Waals surface area contributed by atoms with Crippen molar-refractivity contribution in [2.45, 2.75) is 18.7 Å². The van der Waals surface area contributed by atoms with Crippen LogP contribution in [0.1, 0.15) is 18.4 Å². The Morgan fingerprint density at radius 3 is 3.06 bits per heavy atom. The first-order chi connectivity index (χ1) is 8.31. The van der Waals surface area contributed by atoms with E-state index in [2.05, 4.69) is 16.9 Å². The molecular formula is C13H19ClN2O. The number of aromatic nitrogens is 1. The summed E-state index contributed by atoms with van der Waals surface area (Å²) in [7, 11) is 2.06. The summed E-state index contributed by atoms with van der Waals surface area (Å²) in [5.74, 6) is 1.33. The second-order valence-electron chi connectivity index (χ2n) is 4.58. The third kappa shape index (κ3) is 3.86. The van der Waals surface area contributed by atoms with Crippen molar-refractivity contribution in [1.29, 1.82) is 0 Å². The number of halogens is 1. The quantitative estimate of drug-likeness (QED) is 0.553. The molecule has 0 N–H and O–H groups in total. The van der Waals surface area contributed by atoms with Gasteiger partial charge in [-0.15, -0.1) is 11.6 Å². The van der Waals surface area contributed by atoms with E-state index in [-0.39, 0.29) is 0 Å². The van der Waals surface area contributed by atoms with E-state index in [0.29, 0.717) is 5.88 Å². The molecule has 0 bridgehead atoms. The summed E-state index contributed by atoms with van der Waals surface area (Å²) in [5, 5.41) is 0. The molecule has 3 nitrogen and oxygen atoms in total. The molecule has 1 heterocycles. The van der Waals surface area contributed by atoms with E-state index in [0.717, 1.165) is 36.9 Å². The number of alkyl halides is 1. The molecular weight excluding hydrogens is 236 g/mol. The van der Waals surface area contributed by atoms with E-state index < -0.39 is 0 Å². The maximum absolute atomic E-state index is 5.89. The molecule has 1 fully saturated rings. The average Bonchev–Trinajstić information content (AvgIpc) is 3.18. The zero-order chi connectivity index (χ0) is 12.1. The highest BCUT2D eigenvalue weighted by atomic mass is 35.5. The number of ether oxygens (including phenoxy) is 1. The third-order valence-corrected chi connectivity index (χ3v) is 3.34. The van der Waals surface area contributed by atoms with E-state index in [1.165, 1.54) is 12.8 Å². The largest absolute Gasteiger partial charge is 0.379 e. The Morgan fingerprint density at radius 1 is 1.53 bits per heavy atom. The lowest BCUT2D eigenvalue weighted by molar-refractivity contribution is 0.131. The third-order valence-electron chi connectivity index (χ3n) is 3.05. The zero-order valence-corrected chi connectivity index (χ0v) is 11.0. The van der Waals surface area contributed by atoms with Crippen LogP contribution in [-0.4, -0.2) is 31.8 Å². The highest BCUT2D eigenvalue weighted by Gasteiger charge is 2.21. The average molecular weight is 255 g/mol. The maximum atomic E-state index is 5.89. The number of pyridine rings is 1. The fourth-order valence-corrected chi connectivity index (χ4v) is 1.96. The highest BCUT2D eigenvalue weighted by molar-refractivity contribution is 6.17. The molecule has 1 aliphatic rings. The highest BCUT2D eigenvalue weighted by Crippen LogP contribution is 2.28. The van der Waals surface area contributed by atoms with Crippen molar-refractivity contribution in [1.82, 2.24) is 4.98 Å². The first-order valence-corrected chi connectivity index (χ1v) is 6.62. The minimum absolute atomic E-state index is 0.496. The van der Waals surface area contributed by atoms with Gasteiger partial charge in [-0.25, -0.2) is 0 Å². The number of nitrogens with zero attached hydrogens (tertiary/aromatic N) is 2. The van der Waals surface area contributed by atoms with Gasteiger partial charge < -0.3 is 9.64 Å². The van der Waals surface area contributed by atoms with Gasteiger partial charge in [0, 0.05) is 43.8 Å². The van der Waals surface area contributed by atoms with Crippen LogP contribution >= 0.6 is 11.6 Å². The Balaban J connectivity index is 1.78. The molecule has 0 unspecified atom stereocenters. The van der Waals surface area contributed by atoms with Crippen LogP contribution in [0.4, 0.5) is 5.69 Å².